The third kappa shape index (κ3) is 2.69. The molecule has 1 aliphatic rings. The molecule has 2 N–H and O–H groups in total. The maximum Gasteiger partial charge on any atom is 0.230 e. The van der Waals surface area contributed by atoms with E-state index in [1.54, 1.807) is 6.92 Å². The molecule has 1 saturated carbocycles. The second kappa shape index (κ2) is 5.86. The molecule has 22 heavy (non-hydrogen) atoms. The largest absolute Gasteiger partial charge is 0.383 e. The summed E-state index contributed by atoms with van der Waals surface area (Å²) in [5, 5.41) is 15.5. The van der Waals surface area contributed by atoms with Gasteiger partial charge in [-0.1, -0.05) is 42.8 Å². The molecular weight excluding hydrogens is 294 g/mol. The van der Waals surface area contributed by atoms with Gasteiger partial charge in [-0.2, -0.15) is 0 Å². The van der Waals surface area contributed by atoms with Gasteiger partial charge in [-0.05, 0) is 36.8 Å². The van der Waals surface area contributed by atoms with E-state index < -0.39 is 11.0 Å². The fourth-order valence-corrected chi connectivity index (χ4v) is 3.82. The zero-order chi connectivity index (χ0) is 15.6. The van der Waals surface area contributed by atoms with Crippen LogP contribution in [0.4, 0.5) is 0 Å². The Morgan fingerprint density at radius 3 is 2.55 bits per heavy atom. The average Bonchev–Trinajstić information content (AvgIpc) is 3.00. The molecule has 0 saturated heterocycles. The minimum atomic E-state index is -1.02. The van der Waals surface area contributed by atoms with Crippen LogP contribution in [0.1, 0.15) is 36.6 Å². The Hall–Kier alpha value is -1.65. The quantitative estimate of drug-likeness (QED) is 0.890. The zero-order valence-corrected chi connectivity index (χ0v) is 13.5. The highest BCUT2D eigenvalue weighted by Gasteiger charge is 2.45. The van der Waals surface area contributed by atoms with Gasteiger partial charge < -0.3 is 10.4 Å². The van der Waals surface area contributed by atoms with E-state index in [0.29, 0.717) is 0 Å². The highest BCUT2D eigenvalue weighted by atomic mass is 32.1. The van der Waals surface area contributed by atoms with Crippen LogP contribution in [0.2, 0.25) is 0 Å². The van der Waals surface area contributed by atoms with E-state index in [1.165, 1.54) is 11.3 Å². The van der Waals surface area contributed by atoms with E-state index >= 15 is 0 Å². The Labute approximate surface area is 135 Å². The van der Waals surface area contributed by atoms with Gasteiger partial charge in [0.1, 0.15) is 5.60 Å². The summed E-state index contributed by atoms with van der Waals surface area (Å²) in [6.07, 6.45) is 2.83. The predicted octanol–water partition coefficient (Wildman–Crippen LogP) is 3.19. The molecule has 3 rings (SSSR count). The maximum absolute atomic E-state index is 12.7. The Kier molecular flexibility index (Phi) is 4.06. The number of benzene rings is 1. The number of nitrogens with one attached hydrogen (secondary N) is 1. The smallest absolute Gasteiger partial charge is 0.230 e. The van der Waals surface area contributed by atoms with Gasteiger partial charge in [0.05, 0.1) is 12.0 Å². The minimum Gasteiger partial charge on any atom is -0.383 e. The molecule has 1 heterocycles. The molecule has 3 nitrogen and oxygen atoms in total. The van der Waals surface area contributed by atoms with Crippen LogP contribution >= 0.6 is 11.3 Å². The van der Waals surface area contributed by atoms with Crippen LogP contribution in [-0.2, 0) is 15.8 Å². The van der Waals surface area contributed by atoms with Crippen molar-refractivity contribution in [3.05, 3.63) is 58.3 Å². The molecule has 0 bridgehead atoms. The second-order valence-electron chi connectivity index (χ2n) is 6.24. The van der Waals surface area contributed by atoms with E-state index in [-0.39, 0.29) is 12.5 Å². The van der Waals surface area contributed by atoms with Crippen molar-refractivity contribution in [3.8, 4) is 0 Å². The van der Waals surface area contributed by atoms with Crippen LogP contribution in [0.25, 0.3) is 0 Å². The predicted molar refractivity (Wildman–Crippen MR) is 88.9 cm³/mol. The molecule has 116 valence electrons. The van der Waals surface area contributed by atoms with E-state index in [2.05, 4.69) is 5.32 Å². The second-order valence-corrected chi connectivity index (χ2v) is 7.18. The van der Waals surface area contributed by atoms with Crippen molar-refractivity contribution in [1.82, 2.24) is 5.32 Å². The molecule has 1 amide bonds. The van der Waals surface area contributed by atoms with Crippen LogP contribution < -0.4 is 5.32 Å². The lowest BCUT2D eigenvalue weighted by Gasteiger charge is -2.41. The topological polar surface area (TPSA) is 49.3 Å². The summed E-state index contributed by atoms with van der Waals surface area (Å²) in [6, 6.07) is 13.8. The van der Waals surface area contributed by atoms with Crippen molar-refractivity contribution in [2.45, 2.75) is 37.2 Å². The lowest BCUT2D eigenvalue weighted by Crippen LogP contribution is -2.51. The minimum absolute atomic E-state index is 0.0294. The molecule has 0 aliphatic heterocycles. The van der Waals surface area contributed by atoms with Crippen LogP contribution in [0, 0.1) is 0 Å². The van der Waals surface area contributed by atoms with Crippen molar-refractivity contribution in [2.24, 2.45) is 0 Å². The Balaban J connectivity index is 1.71. The van der Waals surface area contributed by atoms with E-state index in [9.17, 15) is 9.90 Å². The number of thiophene rings is 1. The van der Waals surface area contributed by atoms with Crippen LogP contribution in [0.3, 0.4) is 0 Å². The maximum atomic E-state index is 12.7. The summed E-state index contributed by atoms with van der Waals surface area (Å²) < 4.78 is 0. The number of amides is 1. The molecule has 1 aliphatic carbocycles. The average molecular weight is 315 g/mol. The molecule has 1 aromatic heterocycles. The molecule has 1 unspecified atom stereocenters. The van der Waals surface area contributed by atoms with Crippen molar-refractivity contribution in [3.63, 3.8) is 0 Å². The molecule has 2 aromatic rings. The summed E-state index contributed by atoms with van der Waals surface area (Å²) >= 11 is 1.50. The SMILES string of the molecule is CC(O)(CNC(=O)C1(c2ccccc2)CCC1)c1cccs1. The number of carbonyl (C=O) groups excluding carboxylic acids is 1. The monoisotopic (exact) mass is 315 g/mol. The first-order valence-corrected chi connectivity index (χ1v) is 8.53. The standard InChI is InChI=1S/C18H21NO2S/c1-17(21,15-9-5-12-22-15)13-19-16(20)18(10-6-11-18)14-7-3-2-4-8-14/h2-5,7-9,12,21H,6,10-11,13H2,1H3,(H,19,20). The van der Waals surface area contributed by atoms with Gasteiger partial charge in [-0.25, -0.2) is 0 Å². The van der Waals surface area contributed by atoms with Gasteiger partial charge in [0.2, 0.25) is 5.91 Å². The summed E-state index contributed by atoms with van der Waals surface area (Å²) in [7, 11) is 0. The Morgan fingerprint density at radius 2 is 2.00 bits per heavy atom. The number of hydrogen-bond acceptors (Lipinski definition) is 3. The van der Waals surface area contributed by atoms with Gasteiger partial charge in [0.15, 0.2) is 0 Å². The summed E-state index contributed by atoms with van der Waals surface area (Å²) in [4.78, 5) is 13.6. The summed E-state index contributed by atoms with van der Waals surface area (Å²) in [6.45, 7) is 1.98. The van der Waals surface area contributed by atoms with Gasteiger partial charge >= 0.3 is 0 Å². The first kappa shape index (κ1) is 15.3. The fraction of sp³-hybridized carbons (Fsp3) is 0.389. The van der Waals surface area contributed by atoms with Crippen molar-refractivity contribution in [1.29, 1.82) is 0 Å². The van der Waals surface area contributed by atoms with Gasteiger partial charge in [0.25, 0.3) is 0 Å². The number of carbonyl (C=O) groups is 1. The fourth-order valence-electron chi connectivity index (χ4n) is 3.03. The molecule has 0 radical (unpaired) electrons. The highest BCUT2D eigenvalue weighted by molar-refractivity contribution is 7.10. The van der Waals surface area contributed by atoms with Crippen molar-refractivity contribution in [2.75, 3.05) is 6.54 Å². The molecule has 1 aromatic carbocycles. The number of hydrogen-bond donors (Lipinski definition) is 2. The normalized spacial score (nSPS) is 19.0. The Morgan fingerprint density at radius 1 is 1.27 bits per heavy atom. The summed E-state index contributed by atoms with van der Waals surface area (Å²) in [5.41, 5.74) is -0.354. The molecule has 1 atom stereocenters. The first-order valence-electron chi connectivity index (χ1n) is 7.65. The first-order chi connectivity index (χ1) is 10.5. The van der Waals surface area contributed by atoms with Gasteiger partial charge in [0, 0.05) is 4.88 Å². The van der Waals surface area contributed by atoms with Gasteiger partial charge in [-0.15, -0.1) is 11.3 Å². The van der Waals surface area contributed by atoms with Crippen LogP contribution in [0.5, 0.6) is 0 Å². The Bertz CT molecular complexity index is 630. The number of aliphatic hydroxyl groups is 1. The third-order valence-electron chi connectivity index (χ3n) is 4.61. The number of rotatable bonds is 5. The van der Waals surface area contributed by atoms with E-state index in [1.807, 2.05) is 47.8 Å². The lowest BCUT2D eigenvalue weighted by molar-refractivity contribution is -0.131. The van der Waals surface area contributed by atoms with E-state index in [0.717, 1.165) is 29.7 Å². The van der Waals surface area contributed by atoms with Crippen molar-refractivity contribution < 1.29 is 9.90 Å². The molecule has 4 heteroatoms. The summed E-state index contributed by atoms with van der Waals surface area (Å²) in [5.74, 6) is 0.0294. The third-order valence-corrected chi connectivity index (χ3v) is 5.74. The molecule has 0 spiro atoms. The highest BCUT2D eigenvalue weighted by Crippen LogP contribution is 2.44. The molecular formula is C18H21NO2S. The van der Waals surface area contributed by atoms with Gasteiger partial charge in [-0.3, -0.25) is 4.79 Å². The van der Waals surface area contributed by atoms with Crippen LogP contribution in [-0.4, -0.2) is 17.6 Å². The zero-order valence-electron chi connectivity index (χ0n) is 12.7. The lowest BCUT2D eigenvalue weighted by atomic mass is 9.64. The van der Waals surface area contributed by atoms with E-state index in [4.69, 9.17) is 0 Å². The van der Waals surface area contributed by atoms with Crippen molar-refractivity contribution >= 4 is 17.2 Å². The molecule has 1 fully saturated rings. The van der Waals surface area contributed by atoms with Crippen LogP contribution in [0.15, 0.2) is 47.8 Å².